The lowest BCUT2D eigenvalue weighted by molar-refractivity contribution is 0.171. The van der Waals surface area contributed by atoms with E-state index in [1.165, 1.54) is 11.1 Å². The zero-order valence-electron chi connectivity index (χ0n) is 22.0. The molecule has 0 unspecified atom stereocenters. The molecule has 0 saturated carbocycles. The minimum Gasteiger partial charge on any atom is -0.497 e. The van der Waals surface area contributed by atoms with Crippen LogP contribution in [0.25, 0.3) is 0 Å². The Labute approximate surface area is 227 Å². The number of aryl methyl sites for hydroxylation is 4. The van der Waals surface area contributed by atoms with Crippen LogP contribution in [0.5, 0.6) is 46.0 Å². The quantitative estimate of drug-likeness (QED) is 0.233. The Morgan fingerprint density at radius 3 is 2.05 bits per heavy atom. The molecule has 0 bridgehead atoms. The van der Waals surface area contributed by atoms with Gasteiger partial charge < -0.3 is 33.2 Å². The van der Waals surface area contributed by atoms with Gasteiger partial charge in [0.1, 0.15) is 5.75 Å². The van der Waals surface area contributed by atoms with Gasteiger partial charge >= 0.3 is 0 Å². The molecule has 7 nitrogen and oxygen atoms in total. The second-order valence-electron chi connectivity index (χ2n) is 9.45. The van der Waals surface area contributed by atoms with Crippen LogP contribution in [-0.4, -0.2) is 27.8 Å². The van der Waals surface area contributed by atoms with Crippen LogP contribution in [0.4, 0.5) is 0 Å². The smallest absolute Gasteiger partial charge is 0.231 e. The second-order valence-corrected chi connectivity index (χ2v) is 9.45. The summed E-state index contributed by atoms with van der Waals surface area (Å²) in [4.78, 5) is 0. The molecule has 0 N–H and O–H groups in total. The van der Waals surface area contributed by atoms with Crippen LogP contribution < -0.4 is 33.2 Å². The van der Waals surface area contributed by atoms with E-state index in [2.05, 4.69) is 24.3 Å². The topological polar surface area (TPSA) is 64.6 Å². The molecule has 4 aromatic rings. The second kappa shape index (κ2) is 11.1. The zero-order chi connectivity index (χ0) is 26.6. The third-order valence-electron chi connectivity index (χ3n) is 6.92. The van der Waals surface area contributed by atoms with Gasteiger partial charge in [-0.05, 0) is 96.5 Å². The van der Waals surface area contributed by atoms with Crippen molar-refractivity contribution < 1.29 is 33.2 Å². The van der Waals surface area contributed by atoms with E-state index >= 15 is 0 Å². The molecule has 6 rings (SSSR count). The highest BCUT2D eigenvalue weighted by molar-refractivity contribution is 5.58. The van der Waals surface area contributed by atoms with E-state index in [1.54, 1.807) is 14.2 Å². The highest BCUT2D eigenvalue weighted by atomic mass is 16.7. The molecule has 0 amide bonds. The van der Waals surface area contributed by atoms with E-state index in [0.717, 1.165) is 54.1 Å². The Bertz CT molecular complexity index is 1480. The molecular formula is C32H30O7. The lowest BCUT2D eigenvalue weighted by Gasteiger charge is -2.15. The van der Waals surface area contributed by atoms with E-state index in [-0.39, 0.29) is 13.6 Å². The molecule has 200 valence electrons. The van der Waals surface area contributed by atoms with Crippen LogP contribution in [0.3, 0.4) is 0 Å². The predicted molar refractivity (Wildman–Crippen MR) is 146 cm³/mol. The monoisotopic (exact) mass is 526 g/mol. The van der Waals surface area contributed by atoms with Crippen LogP contribution >= 0.6 is 0 Å². The number of ether oxygens (including phenoxy) is 7. The van der Waals surface area contributed by atoms with Crippen molar-refractivity contribution >= 4 is 0 Å². The molecule has 39 heavy (non-hydrogen) atoms. The molecule has 0 radical (unpaired) electrons. The van der Waals surface area contributed by atoms with Crippen molar-refractivity contribution in [3.05, 3.63) is 95.1 Å². The van der Waals surface area contributed by atoms with E-state index in [0.29, 0.717) is 28.7 Å². The molecule has 2 aliphatic rings. The summed E-state index contributed by atoms with van der Waals surface area (Å²) in [6.45, 7) is 0.433. The summed E-state index contributed by atoms with van der Waals surface area (Å²) in [5.41, 5.74) is 4.61. The fourth-order valence-electron chi connectivity index (χ4n) is 4.83. The van der Waals surface area contributed by atoms with Crippen molar-refractivity contribution in [3.8, 4) is 46.0 Å². The normalized spacial score (nSPS) is 12.9. The average molecular weight is 527 g/mol. The summed E-state index contributed by atoms with van der Waals surface area (Å²) in [7, 11) is 3.33. The molecule has 0 fully saturated rings. The van der Waals surface area contributed by atoms with E-state index in [1.807, 2.05) is 48.5 Å². The fraction of sp³-hybridized carbons (Fsp3) is 0.250. The van der Waals surface area contributed by atoms with E-state index in [9.17, 15) is 0 Å². The summed E-state index contributed by atoms with van der Waals surface area (Å²) in [6.07, 6.45) is 3.36. The van der Waals surface area contributed by atoms with Gasteiger partial charge in [-0.15, -0.1) is 0 Å². The summed E-state index contributed by atoms with van der Waals surface area (Å²) in [6, 6.07) is 24.3. The summed E-state index contributed by atoms with van der Waals surface area (Å²) in [5, 5.41) is 0. The molecule has 0 saturated heterocycles. The molecule has 0 aliphatic carbocycles. The Balaban J connectivity index is 1.20. The summed E-state index contributed by atoms with van der Waals surface area (Å²) >= 11 is 0. The van der Waals surface area contributed by atoms with Crippen molar-refractivity contribution in [2.75, 3.05) is 27.8 Å². The maximum absolute atomic E-state index is 6.44. The van der Waals surface area contributed by atoms with Gasteiger partial charge in [0.2, 0.25) is 19.3 Å². The number of fused-ring (bicyclic) bond motifs is 2. The molecule has 2 heterocycles. The first-order valence-electron chi connectivity index (χ1n) is 13.0. The Hall–Kier alpha value is -4.52. The molecule has 0 spiro atoms. The molecule has 0 atom stereocenters. The van der Waals surface area contributed by atoms with Gasteiger partial charge in [-0.25, -0.2) is 0 Å². The Kier molecular flexibility index (Phi) is 7.04. The summed E-state index contributed by atoms with van der Waals surface area (Å²) < 4.78 is 39.9. The molecular weight excluding hydrogens is 496 g/mol. The van der Waals surface area contributed by atoms with Crippen LogP contribution in [0.2, 0.25) is 0 Å². The van der Waals surface area contributed by atoms with Gasteiger partial charge in [-0.2, -0.15) is 0 Å². The first kappa shape index (κ1) is 24.8. The van der Waals surface area contributed by atoms with Gasteiger partial charge in [0.05, 0.1) is 14.2 Å². The summed E-state index contributed by atoms with van der Waals surface area (Å²) in [5.74, 6) is 5.62. The molecule has 7 heteroatoms. The number of hydrogen-bond acceptors (Lipinski definition) is 7. The van der Waals surface area contributed by atoms with Crippen molar-refractivity contribution in [1.29, 1.82) is 0 Å². The fourth-order valence-corrected chi connectivity index (χ4v) is 4.83. The van der Waals surface area contributed by atoms with Crippen molar-refractivity contribution in [2.45, 2.75) is 25.7 Å². The first-order chi connectivity index (χ1) is 19.2. The lowest BCUT2D eigenvalue weighted by atomic mass is 10.0. The molecule has 2 aliphatic heterocycles. The highest BCUT2D eigenvalue weighted by Gasteiger charge is 2.22. The number of rotatable bonds is 10. The van der Waals surface area contributed by atoms with Crippen molar-refractivity contribution in [2.24, 2.45) is 0 Å². The van der Waals surface area contributed by atoms with Gasteiger partial charge in [0, 0.05) is 0 Å². The first-order valence-corrected chi connectivity index (χ1v) is 13.0. The van der Waals surface area contributed by atoms with Crippen molar-refractivity contribution in [1.82, 2.24) is 0 Å². The Morgan fingerprint density at radius 1 is 0.538 bits per heavy atom. The predicted octanol–water partition coefficient (Wildman–Crippen LogP) is 6.52. The number of benzene rings is 4. The third kappa shape index (κ3) is 5.53. The van der Waals surface area contributed by atoms with Gasteiger partial charge in [-0.3, -0.25) is 0 Å². The van der Waals surface area contributed by atoms with Gasteiger partial charge in [-0.1, -0.05) is 24.3 Å². The molecule has 4 aromatic carbocycles. The standard InChI is InChI=1S/C32H30O7/c1-33-25-5-3-4-21(14-25)6-7-23-10-12-26(34-2)29(16-23)39-31-18-24(17-30-32(31)38-20-37-30)9-8-22-11-13-27-28(15-22)36-19-35-27/h3-5,10-18H,6-9,19-20H2,1-2H3. The number of hydrogen-bond donors (Lipinski definition) is 0. The minimum absolute atomic E-state index is 0.162. The van der Waals surface area contributed by atoms with Crippen LogP contribution in [0, 0.1) is 0 Å². The Morgan fingerprint density at radius 2 is 1.21 bits per heavy atom. The maximum Gasteiger partial charge on any atom is 0.231 e. The lowest BCUT2D eigenvalue weighted by Crippen LogP contribution is -1.97. The maximum atomic E-state index is 6.44. The highest BCUT2D eigenvalue weighted by Crippen LogP contribution is 2.45. The largest absolute Gasteiger partial charge is 0.497 e. The van der Waals surface area contributed by atoms with E-state index in [4.69, 9.17) is 33.2 Å². The van der Waals surface area contributed by atoms with Gasteiger partial charge in [0.15, 0.2) is 34.5 Å². The SMILES string of the molecule is COc1cccc(CCc2ccc(OC)c(Oc3cc(CCc4ccc5c(c4)OCO5)cc4c3OCO4)c2)c1. The van der Waals surface area contributed by atoms with Crippen LogP contribution in [-0.2, 0) is 25.7 Å². The molecule has 0 aromatic heterocycles. The van der Waals surface area contributed by atoms with Gasteiger partial charge in [0.25, 0.3) is 0 Å². The zero-order valence-corrected chi connectivity index (χ0v) is 22.0. The average Bonchev–Trinajstić information content (AvgIpc) is 3.65. The van der Waals surface area contributed by atoms with Crippen LogP contribution in [0.15, 0.2) is 72.8 Å². The minimum atomic E-state index is 0.162. The van der Waals surface area contributed by atoms with Crippen molar-refractivity contribution in [3.63, 3.8) is 0 Å². The van der Waals surface area contributed by atoms with Crippen LogP contribution in [0.1, 0.15) is 22.3 Å². The third-order valence-corrected chi connectivity index (χ3v) is 6.92. The number of methoxy groups -OCH3 is 2. The van der Waals surface area contributed by atoms with E-state index < -0.39 is 0 Å².